The zero-order valence-corrected chi connectivity index (χ0v) is 18.1. The van der Waals surface area contributed by atoms with Gasteiger partial charge in [-0.15, -0.1) is 0 Å². The number of halogens is 1. The van der Waals surface area contributed by atoms with E-state index in [4.69, 9.17) is 17.3 Å². The van der Waals surface area contributed by atoms with E-state index in [1.54, 1.807) is 17.3 Å². The highest BCUT2D eigenvalue weighted by atomic mass is 35.5. The van der Waals surface area contributed by atoms with Crippen LogP contribution in [0.5, 0.6) is 0 Å². The molecule has 0 radical (unpaired) electrons. The Kier molecular flexibility index (Phi) is 7.16. The molecule has 2 aromatic carbocycles. The second-order valence-corrected chi connectivity index (χ2v) is 8.86. The van der Waals surface area contributed by atoms with Crippen LogP contribution in [0, 0.1) is 11.8 Å². The summed E-state index contributed by atoms with van der Waals surface area (Å²) in [5.41, 5.74) is 9.52. The number of hydrogen-bond donors (Lipinski definition) is 1. The molecule has 0 unspecified atom stereocenters. The van der Waals surface area contributed by atoms with Crippen molar-refractivity contribution < 1.29 is 0 Å². The summed E-state index contributed by atoms with van der Waals surface area (Å²) in [5.74, 6) is 1.46. The fraction of sp³-hybridized carbons (Fsp3) is 0.417. The minimum atomic E-state index is 0.718. The predicted molar refractivity (Wildman–Crippen MR) is 121 cm³/mol. The van der Waals surface area contributed by atoms with Crippen LogP contribution in [0.2, 0.25) is 5.02 Å². The van der Waals surface area contributed by atoms with Gasteiger partial charge in [-0.05, 0) is 79.5 Å². The van der Waals surface area contributed by atoms with Gasteiger partial charge in [-0.1, -0.05) is 35.9 Å². The van der Waals surface area contributed by atoms with E-state index >= 15 is 0 Å². The first-order valence-electron chi connectivity index (χ1n) is 10.8. The number of rotatable bonds is 8. The summed E-state index contributed by atoms with van der Waals surface area (Å²) in [5, 5.41) is 4.99. The Bertz CT molecular complexity index is 884. The SMILES string of the molecule is NCC1CCC(CN(Cc2ccc(Cl)cc2)Cc2ccc(-n3cncn3)cc2)CC1. The molecule has 0 amide bonds. The average molecular weight is 424 g/mol. The van der Waals surface area contributed by atoms with Gasteiger partial charge in [0, 0.05) is 24.7 Å². The third-order valence-corrected chi connectivity index (χ3v) is 6.41. The van der Waals surface area contributed by atoms with Gasteiger partial charge in [0.2, 0.25) is 0 Å². The third kappa shape index (κ3) is 5.69. The normalized spacial score (nSPS) is 19.3. The molecule has 0 bridgehead atoms. The zero-order valence-electron chi connectivity index (χ0n) is 17.3. The molecule has 4 rings (SSSR count). The molecule has 1 heterocycles. The predicted octanol–water partition coefficient (Wildman–Crippen LogP) is 4.69. The molecule has 0 saturated heterocycles. The van der Waals surface area contributed by atoms with Gasteiger partial charge in [-0.25, -0.2) is 9.67 Å². The van der Waals surface area contributed by atoms with Crippen LogP contribution in [-0.2, 0) is 13.1 Å². The highest BCUT2D eigenvalue weighted by molar-refractivity contribution is 6.30. The van der Waals surface area contributed by atoms with E-state index in [9.17, 15) is 0 Å². The Morgan fingerprint density at radius 2 is 1.50 bits per heavy atom. The van der Waals surface area contributed by atoms with Crippen LogP contribution >= 0.6 is 11.6 Å². The van der Waals surface area contributed by atoms with Crippen LogP contribution in [-0.4, -0.2) is 32.8 Å². The molecule has 0 atom stereocenters. The van der Waals surface area contributed by atoms with E-state index in [-0.39, 0.29) is 0 Å². The van der Waals surface area contributed by atoms with Crippen molar-refractivity contribution in [1.82, 2.24) is 19.7 Å². The average Bonchev–Trinajstić information content (AvgIpc) is 3.31. The summed E-state index contributed by atoms with van der Waals surface area (Å²) in [6.45, 7) is 3.81. The lowest BCUT2D eigenvalue weighted by Gasteiger charge is -2.32. The van der Waals surface area contributed by atoms with E-state index in [1.807, 2.05) is 12.1 Å². The molecule has 158 valence electrons. The highest BCUT2D eigenvalue weighted by Crippen LogP contribution is 2.29. The van der Waals surface area contributed by atoms with Gasteiger partial charge < -0.3 is 5.73 Å². The van der Waals surface area contributed by atoms with Crippen molar-refractivity contribution in [1.29, 1.82) is 0 Å². The third-order valence-electron chi connectivity index (χ3n) is 6.16. The largest absolute Gasteiger partial charge is 0.330 e. The maximum atomic E-state index is 6.08. The van der Waals surface area contributed by atoms with Crippen molar-refractivity contribution in [3.05, 3.63) is 77.3 Å². The van der Waals surface area contributed by atoms with E-state index in [0.29, 0.717) is 0 Å². The minimum Gasteiger partial charge on any atom is -0.330 e. The number of aromatic nitrogens is 3. The molecule has 0 spiro atoms. The van der Waals surface area contributed by atoms with Gasteiger partial charge in [0.05, 0.1) is 5.69 Å². The second-order valence-electron chi connectivity index (χ2n) is 8.43. The smallest absolute Gasteiger partial charge is 0.138 e. The summed E-state index contributed by atoms with van der Waals surface area (Å²) in [4.78, 5) is 6.60. The maximum absolute atomic E-state index is 6.08. The molecule has 1 aliphatic carbocycles. The molecule has 3 aromatic rings. The van der Waals surface area contributed by atoms with E-state index in [0.717, 1.165) is 48.7 Å². The maximum Gasteiger partial charge on any atom is 0.138 e. The molecule has 6 heteroatoms. The molecule has 0 aliphatic heterocycles. The minimum absolute atomic E-state index is 0.718. The van der Waals surface area contributed by atoms with Crippen LogP contribution in [0.1, 0.15) is 36.8 Å². The van der Waals surface area contributed by atoms with Crippen molar-refractivity contribution in [3.63, 3.8) is 0 Å². The molecule has 1 aliphatic rings. The quantitative estimate of drug-likeness (QED) is 0.571. The monoisotopic (exact) mass is 423 g/mol. The first-order chi connectivity index (χ1) is 14.7. The van der Waals surface area contributed by atoms with Gasteiger partial charge >= 0.3 is 0 Å². The molecular weight excluding hydrogens is 394 g/mol. The Hall–Kier alpha value is -2.21. The lowest BCUT2D eigenvalue weighted by atomic mass is 9.82. The molecule has 30 heavy (non-hydrogen) atoms. The van der Waals surface area contributed by atoms with Gasteiger partial charge in [-0.3, -0.25) is 4.90 Å². The number of benzene rings is 2. The Morgan fingerprint density at radius 1 is 0.900 bits per heavy atom. The molecule has 2 N–H and O–H groups in total. The Labute approximate surface area is 183 Å². The summed E-state index contributed by atoms with van der Waals surface area (Å²) in [7, 11) is 0. The first kappa shape index (κ1) is 21.0. The van der Waals surface area contributed by atoms with Gasteiger partial charge in [0.1, 0.15) is 12.7 Å². The van der Waals surface area contributed by atoms with Gasteiger partial charge in [0.15, 0.2) is 0 Å². The lowest BCUT2D eigenvalue weighted by molar-refractivity contribution is 0.170. The number of nitrogens with two attached hydrogens (primary N) is 1. The van der Waals surface area contributed by atoms with Crippen molar-refractivity contribution >= 4 is 11.6 Å². The van der Waals surface area contributed by atoms with E-state index in [2.05, 4.69) is 51.4 Å². The van der Waals surface area contributed by atoms with Crippen molar-refractivity contribution in [2.45, 2.75) is 38.8 Å². The summed E-state index contributed by atoms with van der Waals surface area (Å²) < 4.78 is 1.78. The molecule has 5 nitrogen and oxygen atoms in total. The van der Waals surface area contributed by atoms with Crippen LogP contribution < -0.4 is 5.73 Å². The van der Waals surface area contributed by atoms with Gasteiger partial charge in [-0.2, -0.15) is 5.10 Å². The summed E-state index contributed by atoms with van der Waals surface area (Å²) >= 11 is 6.08. The lowest BCUT2D eigenvalue weighted by Crippen LogP contribution is -2.32. The molecule has 1 fully saturated rings. The summed E-state index contributed by atoms with van der Waals surface area (Å²) in [6, 6.07) is 16.8. The topological polar surface area (TPSA) is 60.0 Å². The van der Waals surface area contributed by atoms with Crippen LogP contribution in [0.4, 0.5) is 0 Å². The highest BCUT2D eigenvalue weighted by Gasteiger charge is 2.22. The fourth-order valence-electron chi connectivity index (χ4n) is 4.40. The zero-order chi connectivity index (χ0) is 20.8. The van der Waals surface area contributed by atoms with Crippen LogP contribution in [0.3, 0.4) is 0 Å². The standard InChI is InChI=1S/C24H30ClN5/c25-23-9-5-21(6-10-23)15-29(14-20-3-1-19(13-26)2-4-20)16-22-7-11-24(12-8-22)30-18-27-17-28-30/h5-12,17-20H,1-4,13-16,26H2. The number of hydrogen-bond acceptors (Lipinski definition) is 4. The molecular formula is C24H30ClN5. The van der Waals surface area contributed by atoms with E-state index in [1.165, 1.54) is 36.8 Å². The van der Waals surface area contributed by atoms with Gasteiger partial charge in [0.25, 0.3) is 0 Å². The molecule has 1 saturated carbocycles. The summed E-state index contributed by atoms with van der Waals surface area (Å²) in [6.07, 6.45) is 8.38. The number of nitrogens with zero attached hydrogens (tertiary/aromatic N) is 4. The fourth-order valence-corrected chi connectivity index (χ4v) is 4.53. The van der Waals surface area contributed by atoms with Crippen molar-refractivity contribution in [3.8, 4) is 5.69 Å². The van der Waals surface area contributed by atoms with Crippen LogP contribution in [0.15, 0.2) is 61.2 Å². The second kappa shape index (κ2) is 10.2. The van der Waals surface area contributed by atoms with Crippen molar-refractivity contribution in [2.24, 2.45) is 17.6 Å². The Morgan fingerprint density at radius 3 is 2.07 bits per heavy atom. The van der Waals surface area contributed by atoms with Crippen molar-refractivity contribution in [2.75, 3.05) is 13.1 Å². The van der Waals surface area contributed by atoms with Crippen LogP contribution in [0.25, 0.3) is 5.69 Å². The Balaban J connectivity index is 1.44. The molecule has 1 aromatic heterocycles. The first-order valence-corrected chi connectivity index (χ1v) is 11.2. The van der Waals surface area contributed by atoms with E-state index < -0.39 is 0 Å².